The normalized spacial score (nSPS) is 22.6. The van der Waals surface area contributed by atoms with Crippen molar-refractivity contribution in [2.75, 3.05) is 19.3 Å². The zero-order valence-corrected chi connectivity index (χ0v) is 18.4. The van der Waals surface area contributed by atoms with Crippen molar-refractivity contribution in [1.82, 2.24) is 13.8 Å². The summed E-state index contributed by atoms with van der Waals surface area (Å²) in [5, 5.41) is 10.3. The molecule has 2 aromatic rings. The Balaban J connectivity index is 1.47. The number of sulfonamides is 1. The minimum atomic E-state index is -3.37. The van der Waals surface area contributed by atoms with E-state index in [1.807, 2.05) is 30.1 Å². The van der Waals surface area contributed by atoms with Gasteiger partial charge in [-0.05, 0) is 62.1 Å². The molecule has 0 saturated carbocycles. The molecule has 0 bridgehead atoms. The fourth-order valence-corrected chi connectivity index (χ4v) is 6.13. The number of aromatic nitrogens is 1. The molecule has 2 saturated heterocycles. The molecule has 0 N–H and O–H groups in total. The number of amides is 1. The lowest BCUT2D eigenvalue weighted by atomic mass is 10.1. The number of hydrogen-bond acceptors (Lipinski definition) is 4. The van der Waals surface area contributed by atoms with Gasteiger partial charge in [0.15, 0.2) is 0 Å². The van der Waals surface area contributed by atoms with Gasteiger partial charge in [-0.3, -0.25) is 4.79 Å². The average molecular weight is 429 g/mol. The van der Waals surface area contributed by atoms with Crippen LogP contribution in [0, 0.1) is 11.3 Å². The summed E-state index contributed by atoms with van der Waals surface area (Å²) >= 11 is 0. The highest BCUT2D eigenvalue weighted by atomic mass is 32.2. The van der Waals surface area contributed by atoms with Crippen LogP contribution in [0.5, 0.6) is 0 Å². The molecule has 8 heteroatoms. The monoisotopic (exact) mass is 428 g/mol. The number of carbonyl (C=O) groups is 1. The zero-order valence-electron chi connectivity index (χ0n) is 17.5. The Morgan fingerprint density at radius 3 is 2.70 bits per heavy atom. The van der Waals surface area contributed by atoms with Crippen LogP contribution in [-0.2, 0) is 28.3 Å². The van der Waals surface area contributed by atoms with Crippen molar-refractivity contribution < 1.29 is 13.2 Å². The summed E-state index contributed by atoms with van der Waals surface area (Å²) in [6.07, 6.45) is 6.15. The Kier molecular flexibility index (Phi) is 5.60. The maximum atomic E-state index is 13.2. The van der Waals surface area contributed by atoms with Crippen LogP contribution in [-0.4, -0.2) is 59.5 Å². The Morgan fingerprint density at radius 2 is 1.97 bits per heavy atom. The Morgan fingerprint density at radius 1 is 1.20 bits per heavy atom. The van der Waals surface area contributed by atoms with Gasteiger partial charge in [0.2, 0.25) is 15.9 Å². The van der Waals surface area contributed by atoms with Crippen molar-refractivity contribution in [3.8, 4) is 6.07 Å². The molecule has 2 atom stereocenters. The number of likely N-dealkylation sites (tertiary alicyclic amines) is 1. The number of fused-ring (bicyclic) bond motifs is 1. The van der Waals surface area contributed by atoms with Crippen LogP contribution in [0.15, 0.2) is 24.3 Å². The molecule has 2 aliphatic rings. The highest BCUT2D eigenvalue weighted by molar-refractivity contribution is 7.88. The summed E-state index contributed by atoms with van der Waals surface area (Å²) in [6, 6.07) is 9.66. The van der Waals surface area contributed by atoms with Gasteiger partial charge in [-0.15, -0.1) is 0 Å². The first-order valence-corrected chi connectivity index (χ1v) is 12.4. The van der Waals surface area contributed by atoms with Gasteiger partial charge in [0.1, 0.15) is 6.04 Å². The van der Waals surface area contributed by atoms with E-state index in [1.165, 1.54) is 16.3 Å². The molecular weight excluding hydrogens is 400 g/mol. The van der Waals surface area contributed by atoms with Gasteiger partial charge in [0.25, 0.3) is 0 Å². The molecule has 1 aromatic carbocycles. The number of carbonyl (C=O) groups excluding carboxylic acids is 1. The van der Waals surface area contributed by atoms with Crippen molar-refractivity contribution in [1.29, 1.82) is 5.26 Å². The SMILES string of the molecule is Cn1c(CCC2CCCN2C(=O)C2CCCN2S(C)(=O)=O)cc2ccc(C#N)cc21. The number of nitriles is 1. The molecule has 0 spiro atoms. The summed E-state index contributed by atoms with van der Waals surface area (Å²) in [4.78, 5) is 15.1. The van der Waals surface area contributed by atoms with Crippen LogP contribution in [0.1, 0.15) is 43.4 Å². The van der Waals surface area contributed by atoms with Crippen molar-refractivity contribution in [3.05, 3.63) is 35.5 Å². The number of nitrogens with zero attached hydrogens (tertiary/aromatic N) is 4. The summed E-state index contributed by atoms with van der Waals surface area (Å²) in [5.74, 6) is -0.0314. The summed E-state index contributed by atoms with van der Waals surface area (Å²) in [6.45, 7) is 1.15. The molecule has 3 heterocycles. The minimum Gasteiger partial charge on any atom is -0.348 e. The maximum Gasteiger partial charge on any atom is 0.241 e. The van der Waals surface area contributed by atoms with Crippen LogP contribution in [0.3, 0.4) is 0 Å². The Bertz CT molecular complexity index is 1120. The van der Waals surface area contributed by atoms with Gasteiger partial charge < -0.3 is 9.47 Å². The lowest BCUT2D eigenvalue weighted by Crippen LogP contribution is -2.49. The van der Waals surface area contributed by atoms with Crippen LogP contribution in [0.4, 0.5) is 0 Å². The highest BCUT2D eigenvalue weighted by Crippen LogP contribution is 2.29. The van der Waals surface area contributed by atoms with Gasteiger partial charge in [-0.2, -0.15) is 9.57 Å². The standard InChI is InChI=1S/C22H28N4O3S/c1-24-19(14-17-8-7-16(15-23)13-21(17)24)10-9-18-5-3-11-25(18)22(27)20-6-4-12-26(20)30(2,28)29/h7-8,13-14,18,20H,3-6,9-12H2,1-2H3. The first kappa shape index (κ1) is 20.9. The Labute approximate surface area is 177 Å². The van der Waals surface area contributed by atoms with E-state index in [4.69, 9.17) is 5.26 Å². The van der Waals surface area contributed by atoms with Crippen LogP contribution < -0.4 is 0 Å². The molecule has 2 unspecified atom stereocenters. The molecule has 4 rings (SSSR count). The number of rotatable bonds is 5. The van der Waals surface area contributed by atoms with Crippen LogP contribution in [0.25, 0.3) is 10.9 Å². The predicted octanol–water partition coefficient (Wildman–Crippen LogP) is 2.40. The summed E-state index contributed by atoms with van der Waals surface area (Å²) in [7, 11) is -1.35. The smallest absolute Gasteiger partial charge is 0.241 e. The van der Waals surface area contributed by atoms with Gasteiger partial charge in [0, 0.05) is 37.4 Å². The fraction of sp³-hybridized carbons (Fsp3) is 0.545. The molecule has 1 aromatic heterocycles. The van der Waals surface area contributed by atoms with Crippen molar-refractivity contribution in [2.45, 2.75) is 50.6 Å². The van der Waals surface area contributed by atoms with E-state index in [1.54, 1.807) is 0 Å². The lowest BCUT2D eigenvalue weighted by Gasteiger charge is -2.30. The minimum absolute atomic E-state index is 0.0314. The molecule has 0 aliphatic carbocycles. The predicted molar refractivity (Wildman–Crippen MR) is 115 cm³/mol. The molecule has 160 valence electrons. The second-order valence-corrected chi connectivity index (χ2v) is 10.4. The van der Waals surface area contributed by atoms with Crippen molar-refractivity contribution >= 4 is 26.8 Å². The topological polar surface area (TPSA) is 86.4 Å². The van der Waals surface area contributed by atoms with E-state index < -0.39 is 16.1 Å². The second kappa shape index (κ2) is 8.05. The molecule has 7 nitrogen and oxygen atoms in total. The molecule has 2 aliphatic heterocycles. The highest BCUT2D eigenvalue weighted by Gasteiger charge is 2.41. The van der Waals surface area contributed by atoms with E-state index in [0.717, 1.165) is 43.0 Å². The van der Waals surface area contributed by atoms with Gasteiger partial charge in [0.05, 0.1) is 17.9 Å². The first-order chi connectivity index (χ1) is 14.3. The van der Waals surface area contributed by atoms with E-state index in [9.17, 15) is 13.2 Å². The quantitative estimate of drug-likeness (QED) is 0.732. The van der Waals surface area contributed by atoms with Gasteiger partial charge in [-0.25, -0.2) is 8.42 Å². The largest absolute Gasteiger partial charge is 0.348 e. The van der Waals surface area contributed by atoms with Crippen molar-refractivity contribution in [2.24, 2.45) is 7.05 Å². The molecule has 1 amide bonds. The number of aryl methyl sites for hydroxylation is 2. The third-order valence-electron chi connectivity index (χ3n) is 6.58. The van der Waals surface area contributed by atoms with Crippen LogP contribution in [0.2, 0.25) is 0 Å². The third kappa shape index (κ3) is 3.84. The fourth-order valence-electron chi connectivity index (χ4n) is 5.01. The van der Waals surface area contributed by atoms with Gasteiger partial charge in [-0.1, -0.05) is 6.07 Å². The first-order valence-electron chi connectivity index (χ1n) is 10.6. The second-order valence-electron chi connectivity index (χ2n) is 8.48. The van der Waals surface area contributed by atoms with Crippen molar-refractivity contribution in [3.63, 3.8) is 0 Å². The number of hydrogen-bond donors (Lipinski definition) is 0. The molecular formula is C22H28N4O3S. The maximum absolute atomic E-state index is 13.2. The average Bonchev–Trinajstić information content (AvgIpc) is 3.44. The zero-order chi connectivity index (χ0) is 21.5. The van der Waals surface area contributed by atoms with E-state index in [-0.39, 0.29) is 11.9 Å². The lowest BCUT2D eigenvalue weighted by molar-refractivity contribution is -0.135. The summed E-state index contributed by atoms with van der Waals surface area (Å²) in [5.41, 5.74) is 2.87. The third-order valence-corrected chi connectivity index (χ3v) is 7.87. The molecule has 30 heavy (non-hydrogen) atoms. The summed E-state index contributed by atoms with van der Waals surface area (Å²) < 4.78 is 27.6. The van der Waals surface area contributed by atoms with E-state index >= 15 is 0 Å². The van der Waals surface area contributed by atoms with Gasteiger partial charge >= 0.3 is 0 Å². The van der Waals surface area contributed by atoms with E-state index in [0.29, 0.717) is 25.1 Å². The molecule has 2 fully saturated rings. The number of benzene rings is 1. The van der Waals surface area contributed by atoms with Crippen LogP contribution >= 0.6 is 0 Å². The molecule has 0 radical (unpaired) electrons. The Hall–Kier alpha value is -2.37. The van der Waals surface area contributed by atoms with E-state index in [2.05, 4.69) is 16.7 Å².